The number of fused-ring (bicyclic) bond motifs is 7. The number of aliphatic hydroxyl groups is 7. The van der Waals surface area contributed by atoms with E-state index in [0.29, 0.717) is 6.42 Å². The standard InChI is InChI=1S/C42H66O14/c1-37(2)15-16-39(5)20(17-37)19-9-10-23-40(6)13-12-24(38(3,4)22(40)11-14-41(23,7)42(19,8)33(50)32(39)49)54-36-29(48)30(28(47)31(56-36)34(51)52)55-35-27(46)26(45)25(44)21(18-43)53-35/h9,20-31,33,35-36,43-48,50H,10-18H2,1-8H3,(H,51,52)/t20-,21-,22+,23-,24+,25-,26+,27-,28+,29-,30+,31+,33+,35+,36-,39+,40-,41-,42+/m1/s1. The van der Waals surface area contributed by atoms with Gasteiger partial charge in [-0.05, 0) is 90.8 Å². The van der Waals surface area contributed by atoms with Gasteiger partial charge in [0.05, 0.1) is 12.7 Å². The van der Waals surface area contributed by atoms with E-state index in [1.807, 2.05) is 0 Å². The van der Waals surface area contributed by atoms with Crippen molar-refractivity contribution in [3.8, 4) is 0 Å². The molecule has 19 atom stereocenters. The molecule has 7 rings (SSSR count). The quantitative estimate of drug-likeness (QED) is 0.142. The molecular formula is C42H66O14. The first kappa shape index (κ1) is 42.6. The number of hydrogen-bond donors (Lipinski definition) is 8. The molecular weight excluding hydrogens is 728 g/mol. The van der Waals surface area contributed by atoms with Crippen molar-refractivity contribution in [1.82, 2.24) is 0 Å². The summed E-state index contributed by atoms with van der Waals surface area (Å²) in [5, 5.41) is 85.6. The van der Waals surface area contributed by atoms with Gasteiger partial charge in [0, 0.05) is 10.8 Å². The molecule has 0 spiro atoms. The van der Waals surface area contributed by atoms with Crippen LogP contribution in [0.1, 0.15) is 107 Å². The van der Waals surface area contributed by atoms with E-state index < -0.39 is 102 Å². The Morgan fingerprint density at radius 3 is 2.09 bits per heavy atom. The maximum atomic E-state index is 14.3. The lowest BCUT2D eigenvalue weighted by Crippen LogP contribution is -2.70. The van der Waals surface area contributed by atoms with E-state index in [0.717, 1.165) is 44.9 Å². The van der Waals surface area contributed by atoms with Crippen molar-refractivity contribution in [1.29, 1.82) is 0 Å². The minimum absolute atomic E-state index is 0.0195. The number of carboxylic acids is 1. The highest BCUT2D eigenvalue weighted by Gasteiger charge is 2.72. The molecule has 0 radical (unpaired) electrons. The molecule has 0 aromatic heterocycles. The summed E-state index contributed by atoms with van der Waals surface area (Å²) in [6, 6.07) is 0. The molecule has 0 aromatic carbocycles. The molecule has 7 aliphatic rings. The summed E-state index contributed by atoms with van der Waals surface area (Å²) >= 11 is 0. The molecule has 2 aliphatic heterocycles. The predicted molar refractivity (Wildman–Crippen MR) is 198 cm³/mol. The van der Waals surface area contributed by atoms with Crippen LogP contribution >= 0.6 is 0 Å². The van der Waals surface area contributed by atoms with Crippen LogP contribution in [-0.2, 0) is 28.5 Å². The van der Waals surface area contributed by atoms with Crippen molar-refractivity contribution in [3.05, 3.63) is 11.6 Å². The highest BCUT2D eigenvalue weighted by atomic mass is 16.7. The van der Waals surface area contributed by atoms with E-state index >= 15 is 0 Å². The molecule has 2 saturated heterocycles. The smallest absolute Gasteiger partial charge is 0.335 e. The number of hydrogen-bond acceptors (Lipinski definition) is 13. The van der Waals surface area contributed by atoms with Gasteiger partial charge in [0.15, 0.2) is 24.5 Å². The van der Waals surface area contributed by atoms with Crippen LogP contribution in [-0.4, -0.2) is 133 Å². The number of aliphatic hydroxyl groups excluding tert-OH is 7. The predicted octanol–water partition coefficient (Wildman–Crippen LogP) is 2.06. The Morgan fingerprint density at radius 2 is 1.45 bits per heavy atom. The van der Waals surface area contributed by atoms with E-state index in [1.165, 1.54) is 5.57 Å². The van der Waals surface area contributed by atoms with Crippen molar-refractivity contribution in [2.45, 2.75) is 180 Å². The van der Waals surface area contributed by atoms with Gasteiger partial charge in [-0.15, -0.1) is 0 Å². The average molecular weight is 795 g/mol. The first-order chi connectivity index (χ1) is 25.9. The van der Waals surface area contributed by atoms with Crippen molar-refractivity contribution in [2.75, 3.05) is 6.61 Å². The number of rotatable bonds is 6. The van der Waals surface area contributed by atoms with Gasteiger partial charge in [-0.25, -0.2) is 4.79 Å². The van der Waals surface area contributed by atoms with E-state index in [-0.39, 0.29) is 39.8 Å². The Labute approximate surface area is 329 Å². The second kappa shape index (κ2) is 14.0. The van der Waals surface area contributed by atoms with E-state index in [9.17, 15) is 50.4 Å². The SMILES string of the molecule is CC1(C)CC[C@]2(C)C(=O)[C@H](O)[C@]3(C)C(=CC[C@@H]4[C@]5(C)CC[C@H](O[C@@H]6O[C@H](C(=O)O)[C@@H](O)[C@H](O[C@@H]7O[C@H](CO)[C@@H](O)[C@H](O)[C@H]7O)[C@H]6O)C(C)(C)[C@@H]5CC[C@]43C)[C@H]2C1. The molecule has 14 heteroatoms. The van der Waals surface area contributed by atoms with Crippen LogP contribution in [0.4, 0.5) is 0 Å². The van der Waals surface area contributed by atoms with E-state index in [1.54, 1.807) is 0 Å². The number of carboxylic acid groups (broad SMARTS) is 1. The minimum atomic E-state index is -1.95. The van der Waals surface area contributed by atoms with Crippen molar-refractivity contribution < 1.29 is 69.4 Å². The topological polar surface area (TPSA) is 233 Å². The third-order valence-electron chi connectivity index (χ3n) is 17.2. The molecule has 4 saturated carbocycles. The molecule has 6 fully saturated rings. The molecule has 0 aromatic rings. The number of ketones is 1. The first-order valence-corrected chi connectivity index (χ1v) is 20.7. The maximum absolute atomic E-state index is 14.3. The summed E-state index contributed by atoms with van der Waals surface area (Å²) in [4.78, 5) is 26.7. The number of carbonyl (C=O) groups is 2. The second-order valence-corrected chi connectivity index (χ2v) is 20.8. The van der Waals surface area contributed by atoms with Gasteiger partial charge in [0.2, 0.25) is 0 Å². The zero-order chi connectivity index (χ0) is 41.3. The zero-order valence-electron chi connectivity index (χ0n) is 34.1. The Morgan fingerprint density at radius 1 is 0.786 bits per heavy atom. The third-order valence-corrected chi connectivity index (χ3v) is 17.2. The number of ether oxygens (including phenoxy) is 4. The summed E-state index contributed by atoms with van der Waals surface area (Å²) in [6.07, 6.45) is -10.3. The van der Waals surface area contributed by atoms with Gasteiger partial charge in [0.25, 0.3) is 0 Å². The average Bonchev–Trinajstić information content (AvgIpc) is 3.12. The summed E-state index contributed by atoms with van der Waals surface area (Å²) in [5.74, 6) is -1.23. The van der Waals surface area contributed by atoms with Gasteiger partial charge in [-0.3, -0.25) is 4.79 Å². The Bertz CT molecular complexity index is 1580. The fourth-order valence-corrected chi connectivity index (χ4v) is 13.5. The maximum Gasteiger partial charge on any atom is 0.335 e. The Kier molecular flexibility index (Phi) is 10.6. The summed E-state index contributed by atoms with van der Waals surface area (Å²) in [5.41, 5.74) is -1.07. The van der Waals surface area contributed by atoms with Crippen molar-refractivity contribution in [2.24, 2.45) is 50.2 Å². The Hall–Kier alpha value is -1.56. The molecule has 8 N–H and O–H groups in total. The molecule has 2 heterocycles. The van der Waals surface area contributed by atoms with Gasteiger partial charge in [-0.1, -0.05) is 67.0 Å². The molecule has 5 aliphatic carbocycles. The monoisotopic (exact) mass is 794 g/mol. The van der Waals surface area contributed by atoms with E-state index in [2.05, 4.69) is 61.5 Å². The molecule has 0 bridgehead atoms. The van der Waals surface area contributed by atoms with Crippen LogP contribution < -0.4 is 0 Å². The number of Topliss-reactive ketones (excluding diaryl/α,β-unsaturated/α-hetero) is 1. The van der Waals surface area contributed by atoms with Crippen LogP contribution in [0.3, 0.4) is 0 Å². The van der Waals surface area contributed by atoms with Crippen LogP contribution in [0, 0.1) is 50.2 Å². The van der Waals surface area contributed by atoms with Crippen LogP contribution in [0.25, 0.3) is 0 Å². The fourth-order valence-electron chi connectivity index (χ4n) is 13.5. The molecule has 14 nitrogen and oxygen atoms in total. The van der Waals surface area contributed by atoms with E-state index in [4.69, 9.17) is 18.9 Å². The van der Waals surface area contributed by atoms with Crippen molar-refractivity contribution in [3.63, 3.8) is 0 Å². The van der Waals surface area contributed by atoms with Crippen LogP contribution in [0.5, 0.6) is 0 Å². The number of carbonyl (C=O) groups excluding carboxylic acids is 1. The normalized spacial score (nSPS) is 53.8. The second-order valence-electron chi connectivity index (χ2n) is 20.8. The van der Waals surface area contributed by atoms with Gasteiger partial charge in [0.1, 0.15) is 48.8 Å². The first-order valence-electron chi connectivity index (χ1n) is 20.7. The lowest BCUT2D eigenvalue weighted by molar-refractivity contribution is -0.365. The minimum Gasteiger partial charge on any atom is -0.479 e. The van der Waals surface area contributed by atoms with Gasteiger partial charge >= 0.3 is 5.97 Å². The number of aliphatic carboxylic acids is 1. The van der Waals surface area contributed by atoms with Gasteiger partial charge in [-0.2, -0.15) is 0 Å². The highest BCUT2D eigenvalue weighted by Crippen LogP contribution is 2.75. The molecule has 318 valence electrons. The largest absolute Gasteiger partial charge is 0.479 e. The van der Waals surface area contributed by atoms with Crippen LogP contribution in [0.2, 0.25) is 0 Å². The summed E-state index contributed by atoms with van der Waals surface area (Å²) in [6.45, 7) is 16.9. The lowest BCUT2D eigenvalue weighted by Gasteiger charge is -2.71. The summed E-state index contributed by atoms with van der Waals surface area (Å²) in [7, 11) is 0. The third kappa shape index (κ3) is 5.97. The zero-order valence-corrected chi connectivity index (χ0v) is 34.1. The van der Waals surface area contributed by atoms with Gasteiger partial charge < -0.3 is 59.8 Å². The summed E-state index contributed by atoms with van der Waals surface area (Å²) < 4.78 is 23.4. The van der Waals surface area contributed by atoms with Crippen molar-refractivity contribution >= 4 is 11.8 Å². The molecule has 56 heavy (non-hydrogen) atoms. The molecule has 0 amide bonds. The number of allylic oxidation sites excluding steroid dienone is 1. The Balaban J connectivity index is 1.14. The molecule has 0 unspecified atom stereocenters. The lowest BCUT2D eigenvalue weighted by atomic mass is 9.33. The highest BCUT2D eigenvalue weighted by molar-refractivity contribution is 5.92. The fraction of sp³-hybridized carbons (Fsp3) is 0.905. The van der Waals surface area contributed by atoms with Crippen LogP contribution in [0.15, 0.2) is 11.6 Å².